The second-order valence-corrected chi connectivity index (χ2v) is 9.81. The van der Waals surface area contributed by atoms with E-state index in [1.807, 2.05) is 66.9 Å². The molecule has 6 nitrogen and oxygen atoms in total. The van der Waals surface area contributed by atoms with E-state index in [0.29, 0.717) is 48.1 Å². The number of carbonyl (C=O) groups excluding carboxylic acids is 2. The van der Waals surface area contributed by atoms with Crippen LogP contribution in [0.1, 0.15) is 21.6 Å². The lowest BCUT2D eigenvalue weighted by Gasteiger charge is -2.34. The third-order valence-corrected chi connectivity index (χ3v) is 7.18. The van der Waals surface area contributed by atoms with Gasteiger partial charge in [-0.15, -0.1) is 0 Å². The lowest BCUT2D eigenvalue weighted by atomic mass is 10.1. The van der Waals surface area contributed by atoms with Gasteiger partial charge in [-0.3, -0.25) is 4.79 Å². The average molecular weight is 531 g/mol. The Labute approximate surface area is 226 Å². The van der Waals surface area contributed by atoms with Crippen molar-refractivity contribution in [2.45, 2.75) is 13.8 Å². The first-order valence-electron chi connectivity index (χ1n) is 12.5. The number of aryl methyl sites for hydroxylation is 1. The summed E-state index contributed by atoms with van der Waals surface area (Å²) in [6.07, 6.45) is 0. The molecule has 0 bridgehead atoms. The van der Waals surface area contributed by atoms with Crippen LogP contribution in [-0.2, 0) is 0 Å². The third-order valence-electron chi connectivity index (χ3n) is 6.92. The van der Waals surface area contributed by atoms with Crippen LogP contribution in [0.4, 0.5) is 14.9 Å². The molecule has 3 aromatic carbocycles. The maximum absolute atomic E-state index is 14.1. The predicted octanol–water partition coefficient (Wildman–Crippen LogP) is 6.54. The normalized spacial score (nSPS) is 13.5. The number of carbonyl (C=O) groups is 2. The molecule has 38 heavy (non-hydrogen) atoms. The second-order valence-electron chi connectivity index (χ2n) is 9.38. The molecule has 1 aliphatic rings. The minimum absolute atomic E-state index is 0.119. The van der Waals surface area contributed by atoms with E-state index < -0.39 is 0 Å². The molecule has 4 aromatic rings. The smallest absolute Gasteiger partial charge is 0.321 e. The van der Waals surface area contributed by atoms with E-state index in [2.05, 4.69) is 5.32 Å². The molecule has 1 N–H and O–H groups in total. The number of halogens is 2. The summed E-state index contributed by atoms with van der Waals surface area (Å²) in [6.45, 7) is 5.50. The summed E-state index contributed by atoms with van der Waals surface area (Å²) in [5.41, 5.74) is 5.28. The molecule has 0 atom stereocenters. The molecule has 8 heteroatoms. The van der Waals surface area contributed by atoms with Crippen molar-refractivity contribution < 1.29 is 14.0 Å². The van der Waals surface area contributed by atoms with Gasteiger partial charge in [0.2, 0.25) is 0 Å². The van der Waals surface area contributed by atoms with Gasteiger partial charge < -0.3 is 19.7 Å². The number of piperazine rings is 1. The van der Waals surface area contributed by atoms with E-state index in [9.17, 15) is 14.0 Å². The van der Waals surface area contributed by atoms with Crippen LogP contribution in [0.25, 0.3) is 16.9 Å². The fraction of sp³-hybridized carbons (Fsp3) is 0.200. The monoisotopic (exact) mass is 530 g/mol. The number of hydrogen-bond donors (Lipinski definition) is 1. The lowest BCUT2D eigenvalue weighted by Crippen LogP contribution is -2.51. The van der Waals surface area contributed by atoms with Crippen molar-refractivity contribution in [2.75, 3.05) is 31.5 Å². The highest BCUT2D eigenvalue weighted by Crippen LogP contribution is 2.31. The Morgan fingerprint density at radius 2 is 1.53 bits per heavy atom. The van der Waals surface area contributed by atoms with E-state index in [0.717, 1.165) is 22.5 Å². The number of rotatable bonds is 4. The fourth-order valence-corrected chi connectivity index (χ4v) is 4.92. The van der Waals surface area contributed by atoms with Gasteiger partial charge >= 0.3 is 6.03 Å². The molecule has 1 saturated heterocycles. The molecule has 2 heterocycles. The molecule has 1 fully saturated rings. The largest absolute Gasteiger partial charge is 0.335 e. The Balaban J connectivity index is 1.38. The molecule has 0 spiro atoms. The van der Waals surface area contributed by atoms with Gasteiger partial charge in [-0.25, -0.2) is 9.18 Å². The molecule has 3 amide bonds. The molecule has 1 aliphatic heterocycles. The maximum Gasteiger partial charge on any atom is 0.321 e. The Kier molecular flexibility index (Phi) is 7.20. The minimum atomic E-state index is -0.356. The first-order chi connectivity index (χ1) is 18.3. The summed E-state index contributed by atoms with van der Waals surface area (Å²) in [5.74, 6) is -0.475. The van der Waals surface area contributed by atoms with Gasteiger partial charge in [-0.1, -0.05) is 48.0 Å². The van der Waals surface area contributed by atoms with Gasteiger partial charge in [0.05, 0.1) is 11.3 Å². The summed E-state index contributed by atoms with van der Waals surface area (Å²) >= 11 is 6.10. The van der Waals surface area contributed by atoms with E-state index in [-0.39, 0.29) is 17.8 Å². The Morgan fingerprint density at radius 1 is 0.842 bits per heavy atom. The van der Waals surface area contributed by atoms with Gasteiger partial charge in [0.1, 0.15) is 5.82 Å². The number of hydrogen-bond acceptors (Lipinski definition) is 2. The minimum Gasteiger partial charge on any atom is -0.335 e. The Bertz CT molecular complexity index is 1490. The van der Waals surface area contributed by atoms with Crippen molar-refractivity contribution in [2.24, 2.45) is 0 Å². The number of aromatic nitrogens is 1. The number of para-hydroxylation sites is 1. The van der Waals surface area contributed by atoms with E-state index in [1.54, 1.807) is 28.0 Å². The third kappa shape index (κ3) is 5.15. The van der Waals surface area contributed by atoms with Crippen LogP contribution in [-0.4, -0.2) is 52.5 Å². The van der Waals surface area contributed by atoms with Gasteiger partial charge in [0, 0.05) is 48.3 Å². The highest BCUT2D eigenvalue weighted by Gasteiger charge is 2.28. The summed E-state index contributed by atoms with van der Waals surface area (Å²) in [5, 5.41) is 3.57. The average Bonchev–Trinajstić information content (AvgIpc) is 3.27. The topological polar surface area (TPSA) is 57.6 Å². The van der Waals surface area contributed by atoms with Gasteiger partial charge in [-0.05, 0) is 67.4 Å². The summed E-state index contributed by atoms with van der Waals surface area (Å²) in [4.78, 5) is 30.0. The van der Waals surface area contributed by atoms with Gasteiger partial charge in [0.25, 0.3) is 5.91 Å². The standard InChI is InChI=1S/C30H28ClFN4O2/c1-20-6-3-4-9-27(20)33-30(38)35-16-14-34(15-17-35)29(37)26-19-28(22-10-12-23(31)13-11-22)36(21(26)2)25-8-5-7-24(32)18-25/h3-13,18-19H,14-17H2,1-2H3,(H,33,38). The van der Waals surface area contributed by atoms with Gasteiger partial charge in [0.15, 0.2) is 0 Å². The van der Waals surface area contributed by atoms with Crippen molar-refractivity contribution in [1.29, 1.82) is 0 Å². The number of urea groups is 1. The first-order valence-corrected chi connectivity index (χ1v) is 12.8. The van der Waals surface area contributed by atoms with Crippen molar-refractivity contribution in [3.63, 3.8) is 0 Å². The van der Waals surface area contributed by atoms with Crippen molar-refractivity contribution in [1.82, 2.24) is 14.4 Å². The van der Waals surface area contributed by atoms with E-state index in [4.69, 9.17) is 11.6 Å². The molecule has 0 aliphatic carbocycles. The number of anilines is 1. The van der Waals surface area contributed by atoms with Crippen LogP contribution in [0.5, 0.6) is 0 Å². The first kappa shape index (κ1) is 25.5. The molecule has 194 valence electrons. The van der Waals surface area contributed by atoms with E-state index in [1.165, 1.54) is 12.1 Å². The number of nitrogens with zero attached hydrogens (tertiary/aromatic N) is 3. The highest BCUT2D eigenvalue weighted by molar-refractivity contribution is 6.30. The molecule has 0 saturated carbocycles. The molecular weight excluding hydrogens is 503 g/mol. The zero-order valence-electron chi connectivity index (χ0n) is 21.2. The SMILES string of the molecule is Cc1ccccc1NC(=O)N1CCN(C(=O)c2cc(-c3ccc(Cl)cc3)n(-c3cccc(F)c3)c2C)CC1. The van der Waals surface area contributed by atoms with Crippen LogP contribution in [0, 0.1) is 19.7 Å². The van der Waals surface area contributed by atoms with Crippen LogP contribution in [0.2, 0.25) is 5.02 Å². The molecule has 5 rings (SSSR count). The van der Waals surface area contributed by atoms with Crippen molar-refractivity contribution in [3.05, 3.63) is 107 Å². The number of nitrogens with one attached hydrogen (secondary N) is 1. The maximum atomic E-state index is 14.1. The number of benzene rings is 3. The summed E-state index contributed by atoms with van der Waals surface area (Å²) in [6, 6.07) is 23.0. The molecule has 0 radical (unpaired) electrons. The Morgan fingerprint density at radius 3 is 2.21 bits per heavy atom. The van der Waals surface area contributed by atoms with Crippen LogP contribution in [0.3, 0.4) is 0 Å². The quantitative estimate of drug-likeness (QED) is 0.325. The highest BCUT2D eigenvalue weighted by atomic mass is 35.5. The fourth-order valence-electron chi connectivity index (χ4n) is 4.79. The predicted molar refractivity (Wildman–Crippen MR) is 149 cm³/mol. The molecule has 0 unspecified atom stereocenters. The lowest BCUT2D eigenvalue weighted by molar-refractivity contribution is 0.0671. The Hall–Kier alpha value is -4.10. The van der Waals surface area contributed by atoms with E-state index >= 15 is 0 Å². The van der Waals surface area contributed by atoms with Crippen LogP contribution in [0.15, 0.2) is 78.9 Å². The van der Waals surface area contributed by atoms with Crippen molar-refractivity contribution in [3.8, 4) is 16.9 Å². The number of amides is 3. The van der Waals surface area contributed by atoms with Crippen LogP contribution < -0.4 is 5.32 Å². The van der Waals surface area contributed by atoms with Crippen LogP contribution >= 0.6 is 11.6 Å². The zero-order valence-corrected chi connectivity index (χ0v) is 22.0. The van der Waals surface area contributed by atoms with Gasteiger partial charge in [-0.2, -0.15) is 0 Å². The second kappa shape index (κ2) is 10.7. The van der Waals surface area contributed by atoms with Crippen molar-refractivity contribution >= 4 is 29.2 Å². The summed E-state index contributed by atoms with van der Waals surface area (Å²) in [7, 11) is 0. The molecular formula is C30H28ClFN4O2. The molecule has 1 aromatic heterocycles. The summed E-state index contributed by atoms with van der Waals surface area (Å²) < 4.78 is 16.0. The zero-order chi connectivity index (χ0) is 26.8.